The van der Waals surface area contributed by atoms with Crippen LogP contribution in [0.25, 0.3) is 0 Å². The van der Waals surface area contributed by atoms with E-state index in [-0.39, 0.29) is 11.4 Å². The molecule has 6 atom stereocenters. The summed E-state index contributed by atoms with van der Waals surface area (Å²) in [6, 6.07) is 0. The van der Waals surface area contributed by atoms with Gasteiger partial charge in [0.1, 0.15) is 0 Å². The highest BCUT2D eigenvalue weighted by Crippen LogP contribution is 2.65. The number of carbonyl (C=O) groups excluding carboxylic acids is 1. The third-order valence-corrected chi connectivity index (χ3v) is 9.07. The summed E-state index contributed by atoms with van der Waals surface area (Å²) in [4.78, 5) is 12.6. The lowest BCUT2D eigenvalue weighted by molar-refractivity contribution is -0.170. The Morgan fingerprint density at radius 2 is 2.07 bits per heavy atom. The Kier molecular flexibility index (Phi) is 6.02. The molecule has 4 rings (SSSR count). The highest BCUT2D eigenvalue weighted by Gasteiger charge is 2.64. The maximum atomic E-state index is 12.6. The topological polar surface area (TPSA) is 58.9 Å². The summed E-state index contributed by atoms with van der Waals surface area (Å²) >= 11 is 0. The largest absolute Gasteiger partial charge is 0.445 e. The molecule has 0 radical (unpaired) electrons. The van der Waals surface area contributed by atoms with Crippen LogP contribution in [0.1, 0.15) is 90.9 Å². The van der Waals surface area contributed by atoms with Crippen LogP contribution in [-0.2, 0) is 9.53 Å². The SMILES string of the molecule is C#CC1(OC(=O)CCCCC)CC[C@H]2[C@@H]3CCC4=C/C(=N/O)CC[C@@H]4[C@H]3CC[C@@]21C. The minimum atomic E-state index is -0.731. The number of terminal acetylenes is 1. The van der Waals surface area contributed by atoms with Gasteiger partial charge in [-0.15, -0.1) is 6.42 Å². The average Bonchev–Trinajstić information content (AvgIpc) is 3.05. The van der Waals surface area contributed by atoms with E-state index >= 15 is 0 Å². The number of rotatable bonds is 5. The van der Waals surface area contributed by atoms with Crippen molar-refractivity contribution in [3.63, 3.8) is 0 Å². The Morgan fingerprint density at radius 1 is 1.23 bits per heavy atom. The average molecular weight is 412 g/mol. The molecular weight excluding hydrogens is 374 g/mol. The van der Waals surface area contributed by atoms with Crippen LogP contribution in [0.15, 0.2) is 16.8 Å². The van der Waals surface area contributed by atoms with Crippen molar-refractivity contribution in [3.05, 3.63) is 11.6 Å². The van der Waals surface area contributed by atoms with Gasteiger partial charge in [-0.3, -0.25) is 4.79 Å². The number of unbranched alkanes of at least 4 members (excludes halogenated alkanes) is 2. The molecule has 3 saturated carbocycles. The molecular formula is C26H37NO3. The maximum Gasteiger partial charge on any atom is 0.307 e. The first-order valence-corrected chi connectivity index (χ1v) is 12.1. The Balaban J connectivity index is 1.52. The molecule has 1 N–H and O–H groups in total. The standard InChI is InChI=1S/C26H37NO3/c1-4-6-7-8-24(28)30-26(5-2)16-14-23-22-11-9-18-17-19(27-29)10-12-20(18)21(22)13-15-25(23,26)3/h2,17,20-23,29H,4,6-16H2,1,3H3/b27-19+/t20-,21+,22+,23-,25-,26?/m0/s1. The van der Waals surface area contributed by atoms with Crippen LogP contribution in [-0.4, -0.2) is 22.5 Å². The third kappa shape index (κ3) is 3.39. The van der Waals surface area contributed by atoms with E-state index in [1.807, 2.05) is 0 Å². The van der Waals surface area contributed by atoms with Gasteiger partial charge in [0.25, 0.3) is 0 Å². The van der Waals surface area contributed by atoms with E-state index < -0.39 is 5.60 Å². The van der Waals surface area contributed by atoms with Gasteiger partial charge in [-0.1, -0.05) is 43.3 Å². The van der Waals surface area contributed by atoms with Gasteiger partial charge in [-0.2, -0.15) is 0 Å². The number of fused-ring (bicyclic) bond motifs is 5. The molecule has 0 aromatic carbocycles. The summed E-state index contributed by atoms with van der Waals surface area (Å²) in [6.07, 6.45) is 20.1. The van der Waals surface area contributed by atoms with Gasteiger partial charge in [0.15, 0.2) is 5.60 Å². The second-order valence-electron chi connectivity index (χ2n) is 10.3. The van der Waals surface area contributed by atoms with Gasteiger partial charge < -0.3 is 9.94 Å². The molecule has 1 unspecified atom stereocenters. The zero-order valence-corrected chi connectivity index (χ0v) is 18.7. The number of esters is 1. The summed E-state index contributed by atoms with van der Waals surface area (Å²) in [5.41, 5.74) is 1.48. The first-order valence-electron chi connectivity index (χ1n) is 12.1. The van der Waals surface area contributed by atoms with E-state index in [0.29, 0.717) is 30.1 Å². The molecule has 0 aromatic heterocycles. The molecule has 4 aliphatic rings. The van der Waals surface area contributed by atoms with E-state index in [1.165, 1.54) is 12.0 Å². The molecule has 30 heavy (non-hydrogen) atoms. The van der Waals surface area contributed by atoms with Crippen LogP contribution in [0.4, 0.5) is 0 Å². The Morgan fingerprint density at radius 3 is 2.80 bits per heavy atom. The molecule has 164 valence electrons. The molecule has 0 spiro atoms. The summed E-state index contributed by atoms with van der Waals surface area (Å²) in [5.74, 6) is 5.40. The van der Waals surface area contributed by atoms with Crippen LogP contribution in [0.5, 0.6) is 0 Å². The highest BCUT2D eigenvalue weighted by atomic mass is 16.6. The minimum Gasteiger partial charge on any atom is -0.445 e. The fourth-order valence-electron chi connectivity index (χ4n) is 7.47. The lowest BCUT2D eigenvalue weighted by Crippen LogP contribution is -2.53. The molecule has 0 aromatic rings. The predicted molar refractivity (Wildman–Crippen MR) is 118 cm³/mol. The van der Waals surface area contributed by atoms with Crippen LogP contribution < -0.4 is 0 Å². The van der Waals surface area contributed by atoms with Crippen molar-refractivity contribution < 1.29 is 14.7 Å². The van der Waals surface area contributed by atoms with Crippen LogP contribution in [0.3, 0.4) is 0 Å². The zero-order valence-electron chi connectivity index (χ0n) is 18.7. The maximum absolute atomic E-state index is 12.6. The third-order valence-electron chi connectivity index (χ3n) is 9.07. The Labute approximate surface area is 181 Å². The van der Waals surface area contributed by atoms with Gasteiger partial charge in [-0.05, 0) is 87.5 Å². The molecule has 3 fully saturated rings. The monoisotopic (exact) mass is 411 g/mol. The fraction of sp³-hybridized carbons (Fsp3) is 0.769. The molecule has 0 heterocycles. The Hall–Kier alpha value is -1.76. The predicted octanol–water partition coefficient (Wildman–Crippen LogP) is 5.88. The summed E-state index contributed by atoms with van der Waals surface area (Å²) in [6.45, 7) is 4.45. The lowest BCUT2D eigenvalue weighted by Gasteiger charge is -2.55. The highest BCUT2D eigenvalue weighted by molar-refractivity contribution is 5.96. The molecule has 0 aliphatic heterocycles. The summed E-state index contributed by atoms with van der Waals surface area (Å²) in [5, 5.41) is 12.6. The molecule has 0 amide bonds. The van der Waals surface area contributed by atoms with E-state index in [2.05, 4.69) is 31.0 Å². The normalized spacial score (nSPS) is 41.2. The number of carbonyl (C=O) groups is 1. The minimum absolute atomic E-state index is 0.109. The smallest absolute Gasteiger partial charge is 0.307 e. The van der Waals surface area contributed by atoms with Crippen LogP contribution in [0, 0.1) is 41.4 Å². The van der Waals surface area contributed by atoms with Crippen molar-refractivity contribution in [1.82, 2.24) is 0 Å². The number of hydrogen-bond donors (Lipinski definition) is 1. The molecule has 4 heteroatoms. The van der Waals surface area contributed by atoms with E-state index in [1.54, 1.807) is 0 Å². The lowest BCUT2D eigenvalue weighted by atomic mass is 9.50. The van der Waals surface area contributed by atoms with Crippen molar-refractivity contribution >= 4 is 11.7 Å². The quantitative estimate of drug-likeness (QED) is 0.202. The first-order chi connectivity index (χ1) is 14.5. The molecule has 0 bridgehead atoms. The van der Waals surface area contributed by atoms with Crippen molar-refractivity contribution in [1.29, 1.82) is 0 Å². The number of ether oxygens (including phenoxy) is 1. The van der Waals surface area contributed by atoms with Crippen LogP contribution in [0.2, 0.25) is 0 Å². The Bertz CT molecular complexity index is 778. The number of oxime groups is 1. The van der Waals surface area contributed by atoms with E-state index in [0.717, 1.165) is 69.9 Å². The van der Waals surface area contributed by atoms with Gasteiger partial charge in [0, 0.05) is 11.8 Å². The summed E-state index contributed by atoms with van der Waals surface area (Å²) < 4.78 is 6.15. The van der Waals surface area contributed by atoms with Gasteiger partial charge >= 0.3 is 5.97 Å². The van der Waals surface area contributed by atoms with Crippen molar-refractivity contribution in [2.45, 2.75) is 96.5 Å². The summed E-state index contributed by atoms with van der Waals surface area (Å²) in [7, 11) is 0. The van der Waals surface area contributed by atoms with Crippen molar-refractivity contribution in [2.24, 2.45) is 34.2 Å². The van der Waals surface area contributed by atoms with Gasteiger partial charge in [-0.25, -0.2) is 0 Å². The number of allylic oxidation sites excluding steroid dienone is 2. The second kappa shape index (κ2) is 8.40. The zero-order chi connectivity index (χ0) is 21.4. The molecule has 4 nitrogen and oxygen atoms in total. The van der Waals surface area contributed by atoms with Crippen LogP contribution >= 0.6 is 0 Å². The van der Waals surface area contributed by atoms with Crippen molar-refractivity contribution in [2.75, 3.05) is 0 Å². The molecule has 4 aliphatic carbocycles. The van der Waals surface area contributed by atoms with E-state index in [4.69, 9.17) is 11.2 Å². The number of hydrogen-bond acceptors (Lipinski definition) is 4. The fourth-order valence-corrected chi connectivity index (χ4v) is 7.47. The van der Waals surface area contributed by atoms with E-state index in [9.17, 15) is 10.0 Å². The number of nitrogens with zero attached hydrogens (tertiary/aromatic N) is 1. The second-order valence-corrected chi connectivity index (χ2v) is 10.3. The van der Waals surface area contributed by atoms with Gasteiger partial charge in [0.2, 0.25) is 0 Å². The van der Waals surface area contributed by atoms with Gasteiger partial charge in [0.05, 0.1) is 5.71 Å². The van der Waals surface area contributed by atoms with Crippen molar-refractivity contribution in [3.8, 4) is 12.3 Å². The molecule has 0 saturated heterocycles. The first kappa shape index (κ1) is 21.5.